The van der Waals surface area contributed by atoms with E-state index in [2.05, 4.69) is 16.5 Å². The van der Waals surface area contributed by atoms with Crippen LogP contribution in [0.25, 0.3) is 5.69 Å². The van der Waals surface area contributed by atoms with Crippen LogP contribution in [0.15, 0.2) is 36.4 Å². The van der Waals surface area contributed by atoms with Crippen LogP contribution in [0.1, 0.15) is 54.7 Å². The maximum absolute atomic E-state index is 12.7. The average molecular weight is 378 g/mol. The molecule has 2 aromatic rings. The molecule has 1 amide bonds. The molecule has 0 radical (unpaired) electrons. The van der Waals surface area contributed by atoms with E-state index in [4.69, 9.17) is 4.74 Å². The number of amides is 1. The zero-order chi connectivity index (χ0) is 19.7. The molecule has 1 aromatic heterocycles. The van der Waals surface area contributed by atoms with Gasteiger partial charge in [-0.05, 0) is 56.7 Å². The van der Waals surface area contributed by atoms with E-state index in [1.54, 1.807) is 17.7 Å². The molecule has 0 unspecified atom stereocenters. The van der Waals surface area contributed by atoms with Crippen molar-refractivity contribution in [2.24, 2.45) is 5.92 Å². The average Bonchev–Trinajstić information content (AvgIpc) is 3.63. The Kier molecular flexibility index (Phi) is 4.63. The lowest BCUT2D eigenvalue weighted by molar-refractivity contribution is -0.125. The highest BCUT2D eigenvalue weighted by atomic mass is 16.5. The lowest BCUT2D eigenvalue weighted by Crippen LogP contribution is -2.48. The summed E-state index contributed by atoms with van der Waals surface area (Å²) in [5.41, 5.74) is 1.02. The molecule has 7 heteroatoms. The second kappa shape index (κ2) is 7.12. The van der Waals surface area contributed by atoms with Crippen molar-refractivity contribution in [3.05, 3.63) is 47.8 Å². The summed E-state index contributed by atoms with van der Waals surface area (Å²) in [6, 6.07) is 13.3. The molecule has 0 saturated heterocycles. The van der Waals surface area contributed by atoms with Gasteiger partial charge in [-0.15, -0.1) is 0 Å². The minimum absolute atomic E-state index is 0.165. The molecule has 2 saturated carbocycles. The Bertz CT molecular complexity index is 938. The number of esters is 1. The Morgan fingerprint density at radius 3 is 2.61 bits per heavy atom. The molecule has 144 valence electrons. The number of nitriles is 1. The topological polar surface area (TPSA) is 97.0 Å². The highest BCUT2D eigenvalue weighted by Gasteiger charge is 2.43. The van der Waals surface area contributed by atoms with E-state index in [9.17, 15) is 14.9 Å². The van der Waals surface area contributed by atoms with Gasteiger partial charge in [-0.1, -0.05) is 18.2 Å². The van der Waals surface area contributed by atoms with E-state index >= 15 is 0 Å². The van der Waals surface area contributed by atoms with Gasteiger partial charge in [0.2, 0.25) is 0 Å². The summed E-state index contributed by atoms with van der Waals surface area (Å²) in [4.78, 5) is 24.9. The Labute approximate surface area is 163 Å². The Balaban J connectivity index is 1.46. The van der Waals surface area contributed by atoms with Crippen LogP contribution in [0.5, 0.6) is 0 Å². The maximum Gasteiger partial charge on any atom is 0.357 e. The number of para-hydroxylation sites is 1. The van der Waals surface area contributed by atoms with Crippen molar-refractivity contribution in [2.45, 2.75) is 44.1 Å². The van der Waals surface area contributed by atoms with E-state index < -0.39 is 24.0 Å². The normalized spacial score (nSPS) is 18.0. The molecular formula is C21H22N4O3. The van der Waals surface area contributed by atoms with Crippen LogP contribution >= 0.6 is 0 Å². The fourth-order valence-corrected chi connectivity index (χ4v) is 3.30. The SMILES string of the molecule is C[C@@](C#N)(NC(=O)COC(=O)c1cc(C2CC2)nn1-c1ccccc1)C1CC1. The van der Waals surface area contributed by atoms with Gasteiger partial charge >= 0.3 is 5.97 Å². The second-order valence-electron chi connectivity index (χ2n) is 7.69. The number of rotatable bonds is 7. The zero-order valence-corrected chi connectivity index (χ0v) is 15.7. The van der Waals surface area contributed by atoms with Crippen LogP contribution in [0, 0.1) is 17.2 Å². The van der Waals surface area contributed by atoms with Gasteiger partial charge in [-0.3, -0.25) is 4.79 Å². The number of benzene rings is 1. The first-order valence-electron chi connectivity index (χ1n) is 9.55. The van der Waals surface area contributed by atoms with Crippen molar-refractivity contribution in [3.8, 4) is 11.8 Å². The minimum atomic E-state index is -0.908. The first-order valence-corrected chi connectivity index (χ1v) is 9.55. The molecule has 4 rings (SSSR count). The highest BCUT2D eigenvalue weighted by Crippen LogP contribution is 2.40. The minimum Gasteiger partial charge on any atom is -0.451 e. The molecule has 2 aliphatic rings. The van der Waals surface area contributed by atoms with Crippen LogP contribution in [0.2, 0.25) is 0 Å². The lowest BCUT2D eigenvalue weighted by Gasteiger charge is -2.22. The Hall–Kier alpha value is -3.14. The summed E-state index contributed by atoms with van der Waals surface area (Å²) in [6.45, 7) is 1.28. The highest BCUT2D eigenvalue weighted by molar-refractivity contribution is 5.90. The number of nitrogens with zero attached hydrogens (tertiary/aromatic N) is 3. The molecule has 7 nitrogen and oxygen atoms in total. The molecule has 2 aliphatic carbocycles. The van der Waals surface area contributed by atoms with E-state index in [1.165, 1.54) is 0 Å². The molecule has 2 fully saturated rings. The monoisotopic (exact) mass is 378 g/mol. The maximum atomic E-state index is 12.7. The molecule has 0 spiro atoms. The van der Waals surface area contributed by atoms with Crippen molar-refractivity contribution in [1.82, 2.24) is 15.1 Å². The third-order valence-corrected chi connectivity index (χ3v) is 5.29. The summed E-state index contributed by atoms with van der Waals surface area (Å²) >= 11 is 0. The summed E-state index contributed by atoms with van der Waals surface area (Å²) in [5, 5.41) is 16.6. The molecule has 28 heavy (non-hydrogen) atoms. The summed E-state index contributed by atoms with van der Waals surface area (Å²) in [5.74, 6) is -0.534. The number of nitrogens with one attached hydrogen (secondary N) is 1. The van der Waals surface area contributed by atoms with E-state index in [1.807, 2.05) is 30.3 Å². The number of carbonyl (C=O) groups excluding carboxylic acids is 2. The van der Waals surface area contributed by atoms with Gasteiger partial charge in [-0.25, -0.2) is 9.48 Å². The Morgan fingerprint density at radius 2 is 2.00 bits per heavy atom. The van der Waals surface area contributed by atoms with Crippen LogP contribution in [0.3, 0.4) is 0 Å². The predicted octanol–water partition coefficient (Wildman–Crippen LogP) is 2.71. The zero-order valence-electron chi connectivity index (χ0n) is 15.7. The largest absolute Gasteiger partial charge is 0.451 e. The number of hydrogen-bond donors (Lipinski definition) is 1. The van der Waals surface area contributed by atoms with Crippen molar-refractivity contribution in [2.75, 3.05) is 6.61 Å². The first kappa shape index (κ1) is 18.2. The van der Waals surface area contributed by atoms with Gasteiger partial charge in [0.1, 0.15) is 5.54 Å². The van der Waals surface area contributed by atoms with E-state index in [0.717, 1.165) is 37.1 Å². The molecule has 0 aliphatic heterocycles. The molecule has 1 atom stereocenters. The van der Waals surface area contributed by atoms with Crippen molar-refractivity contribution < 1.29 is 14.3 Å². The van der Waals surface area contributed by atoms with Gasteiger partial charge in [0, 0.05) is 5.92 Å². The third kappa shape index (κ3) is 3.77. The standard InChI is InChI=1S/C21H22N4O3/c1-21(13-22,15-9-10-15)23-19(26)12-28-20(27)18-11-17(14-7-8-14)24-25(18)16-5-3-2-4-6-16/h2-6,11,14-15H,7-10,12H2,1H3,(H,23,26)/t21-/m0/s1. The molecule has 0 bridgehead atoms. The number of hydrogen-bond acceptors (Lipinski definition) is 5. The molecule has 1 N–H and O–H groups in total. The van der Waals surface area contributed by atoms with Crippen LogP contribution < -0.4 is 5.32 Å². The number of carbonyl (C=O) groups is 2. The van der Waals surface area contributed by atoms with Crippen molar-refractivity contribution >= 4 is 11.9 Å². The van der Waals surface area contributed by atoms with E-state index in [-0.39, 0.29) is 5.92 Å². The third-order valence-electron chi connectivity index (χ3n) is 5.29. The van der Waals surface area contributed by atoms with Gasteiger partial charge in [0.15, 0.2) is 12.3 Å². The molecule has 1 aromatic carbocycles. The number of aromatic nitrogens is 2. The van der Waals surface area contributed by atoms with Gasteiger partial charge < -0.3 is 10.1 Å². The summed E-state index contributed by atoms with van der Waals surface area (Å²) in [7, 11) is 0. The molecular weight excluding hydrogens is 356 g/mol. The molecule has 1 heterocycles. The lowest BCUT2D eigenvalue weighted by atomic mass is 9.98. The van der Waals surface area contributed by atoms with Crippen LogP contribution in [-0.2, 0) is 9.53 Å². The van der Waals surface area contributed by atoms with Gasteiger partial charge in [0.05, 0.1) is 17.5 Å². The quantitative estimate of drug-likeness (QED) is 0.747. The predicted molar refractivity (Wildman–Crippen MR) is 101 cm³/mol. The summed E-state index contributed by atoms with van der Waals surface area (Å²) < 4.78 is 6.80. The van der Waals surface area contributed by atoms with Gasteiger partial charge in [-0.2, -0.15) is 10.4 Å². The number of ether oxygens (including phenoxy) is 1. The smallest absolute Gasteiger partial charge is 0.357 e. The fourth-order valence-electron chi connectivity index (χ4n) is 3.30. The summed E-state index contributed by atoms with van der Waals surface area (Å²) in [6.07, 6.45) is 3.97. The fraction of sp³-hybridized carbons (Fsp3) is 0.429. The Morgan fingerprint density at radius 1 is 1.29 bits per heavy atom. The van der Waals surface area contributed by atoms with Crippen molar-refractivity contribution in [3.63, 3.8) is 0 Å². The second-order valence-corrected chi connectivity index (χ2v) is 7.69. The van der Waals surface area contributed by atoms with Crippen LogP contribution in [-0.4, -0.2) is 33.8 Å². The van der Waals surface area contributed by atoms with Crippen LogP contribution in [0.4, 0.5) is 0 Å². The van der Waals surface area contributed by atoms with Gasteiger partial charge in [0.25, 0.3) is 5.91 Å². The van der Waals surface area contributed by atoms with Crippen molar-refractivity contribution in [1.29, 1.82) is 5.26 Å². The first-order chi connectivity index (χ1) is 13.5. The van der Waals surface area contributed by atoms with E-state index in [0.29, 0.717) is 11.6 Å².